The number of nitrogens with zero attached hydrogens (tertiary/aromatic N) is 1. The van der Waals surface area contributed by atoms with Gasteiger partial charge in [0.05, 0.1) is 7.11 Å². The minimum absolute atomic E-state index is 0. The number of likely N-dealkylation sites (N-methyl/N-ethyl adjacent to an activating group) is 1. The molecule has 108 valence electrons. The third-order valence-corrected chi connectivity index (χ3v) is 3.90. The number of carbonyl (C=O) groups excluding carboxylic acids is 1. The number of halogens is 2. The van der Waals surface area contributed by atoms with Gasteiger partial charge in [-0.1, -0.05) is 11.6 Å². The molecule has 1 aliphatic rings. The fourth-order valence-corrected chi connectivity index (χ4v) is 2.86. The molecule has 0 spiro atoms. The molecular formula is C14H15Cl2NO3. The number of ether oxygens (including phenoxy) is 1. The zero-order valence-corrected chi connectivity index (χ0v) is 12.8. The monoisotopic (exact) mass is 315 g/mol. The first-order chi connectivity index (χ1) is 9.11. The Morgan fingerprint density at radius 3 is 2.85 bits per heavy atom. The van der Waals surface area contributed by atoms with Crippen LogP contribution in [0.25, 0.3) is 11.0 Å². The van der Waals surface area contributed by atoms with Crippen molar-refractivity contribution in [2.75, 3.05) is 20.7 Å². The number of esters is 1. The van der Waals surface area contributed by atoms with Crippen molar-refractivity contribution in [3.05, 3.63) is 34.0 Å². The van der Waals surface area contributed by atoms with E-state index in [1.54, 1.807) is 0 Å². The molecule has 2 heterocycles. The number of benzene rings is 1. The van der Waals surface area contributed by atoms with Crippen LogP contribution in [-0.4, -0.2) is 31.6 Å². The van der Waals surface area contributed by atoms with Crippen molar-refractivity contribution in [3.63, 3.8) is 0 Å². The van der Waals surface area contributed by atoms with E-state index in [-0.39, 0.29) is 18.2 Å². The van der Waals surface area contributed by atoms with E-state index in [2.05, 4.69) is 4.90 Å². The molecule has 1 aromatic heterocycles. The lowest BCUT2D eigenvalue weighted by molar-refractivity contribution is 0.0564. The van der Waals surface area contributed by atoms with Crippen molar-refractivity contribution >= 4 is 40.9 Å². The van der Waals surface area contributed by atoms with Gasteiger partial charge in [-0.05, 0) is 31.2 Å². The number of rotatable bonds is 1. The highest BCUT2D eigenvalue weighted by atomic mass is 35.5. The van der Waals surface area contributed by atoms with Gasteiger partial charge in [-0.3, -0.25) is 0 Å². The van der Waals surface area contributed by atoms with E-state index in [0.717, 1.165) is 34.5 Å². The predicted molar refractivity (Wildman–Crippen MR) is 79.8 cm³/mol. The molecule has 20 heavy (non-hydrogen) atoms. The second-order valence-electron chi connectivity index (χ2n) is 4.79. The van der Waals surface area contributed by atoms with E-state index < -0.39 is 5.97 Å². The molecule has 3 rings (SSSR count). The molecule has 2 aromatic rings. The summed E-state index contributed by atoms with van der Waals surface area (Å²) in [6, 6.07) is 3.63. The van der Waals surface area contributed by atoms with Gasteiger partial charge in [0.15, 0.2) is 0 Å². The lowest BCUT2D eigenvalue weighted by Crippen LogP contribution is -2.19. The van der Waals surface area contributed by atoms with Gasteiger partial charge in [-0.25, -0.2) is 4.79 Å². The third-order valence-electron chi connectivity index (χ3n) is 3.55. The zero-order chi connectivity index (χ0) is 13.6. The molecule has 6 heteroatoms. The highest BCUT2D eigenvalue weighted by Crippen LogP contribution is 2.36. The molecule has 0 unspecified atom stereocenters. The molecule has 1 aromatic carbocycles. The number of hydrogen-bond acceptors (Lipinski definition) is 4. The molecule has 0 fully saturated rings. The molecule has 0 atom stereocenters. The van der Waals surface area contributed by atoms with Crippen LogP contribution in [0.4, 0.5) is 0 Å². The van der Waals surface area contributed by atoms with Crippen molar-refractivity contribution in [1.29, 1.82) is 0 Å². The Morgan fingerprint density at radius 1 is 1.40 bits per heavy atom. The van der Waals surface area contributed by atoms with Crippen LogP contribution in [-0.2, 0) is 17.7 Å². The maximum Gasteiger partial charge on any atom is 0.374 e. The molecule has 0 saturated heterocycles. The van der Waals surface area contributed by atoms with Crippen LogP contribution in [0.1, 0.15) is 21.7 Å². The molecular weight excluding hydrogens is 301 g/mol. The van der Waals surface area contributed by atoms with Crippen LogP contribution in [0, 0.1) is 0 Å². The van der Waals surface area contributed by atoms with Crippen molar-refractivity contribution in [2.45, 2.75) is 13.0 Å². The summed E-state index contributed by atoms with van der Waals surface area (Å²) in [5.74, 6) is -0.154. The Bertz CT molecular complexity index is 666. The van der Waals surface area contributed by atoms with Crippen molar-refractivity contribution in [1.82, 2.24) is 4.90 Å². The number of carbonyl (C=O) groups is 1. The Balaban J connectivity index is 0.00000147. The Morgan fingerprint density at radius 2 is 2.15 bits per heavy atom. The summed E-state index contributed by atoms with van der Waals surface area (Å²) >= 11 is 6.28. The van der Waals surface area contributed by atoms with Crippen LogP contribution < -0.4 is 0 Å². The topological polar surface area (TPSA) is 42.7 Å². The maximum absolute atomic E-state index is 11.8. The quantitative estimate of drug-likeness (QED) is 0.757. The molecule has 0 radical (unpaired) electrons. The van der Waals surface area contributed by atoms with E-state index in [4.69, 9.17) is 20.8 Å². The SMILES string of the molecule is COC(=O)c1oc2ccc(Cl)c3c2c1CN(C)CC3.Cl. The van der Waals surface area contributed by atoms with Gasteiger partial charge in [0, 0.05) is 29.1 Å². The number of hydrogen-bond donors (Lipinski definition) is 0. The summed E-state index contributed by atoms with van der Waals surface area (Å²) in [6.45, 7) is 1.55. The summed E-state index contributed by atoms with van der Waals surface area (Å²) < 4.78 is 10.5. The second-order valence-corrected chi connectivity index (χ2v) is 5.20. The second kappa shape index (κ2) is 5.64. The van der Waals surface area contributed by atoms with Crippen molar-refractivity contribution in [2.24, 2.45) is 0 Å². The first kappa shape index (κ1) is 15.2. The summed E-state index contributed by atoms with van der Waals surface area (Å²) in [6.07, 6.45) is 0.847. The highest BCUT2D eigenvalue weighted by Gasteiger charge is 2.27. The molecule has 0 bridgehead atoms. The van der Waals surface area contributed by atoms with Gasteiger partial charge in [0.1, 0.15) is 5.58 Å². The standard InChI is InChI=1S/C14H14ClNO3.ClH/c1-16-6-5-8-10(15)3-4-11-12(8)9(7-16)13(19-11)14(17)18-2;/h3-4H,5-7H2,1-2H3;1H. The normalized spacial score (nSPS) is 14.8. The van der Waals surface area contributed by atoms with Crippen LogP contribution >= 0.6 is 24.0 Å². The Kier molecular flexibility index (Phi) is 4.28. The van der Waals surface area contributed by atoms with Gasteiger partial charge < -0.3 is 14.1 Å². The van der Waals surface area contributed by atoms with E-state index in [9.17, 15) is 4.79 Å². The first-order valence-corrected chi connectivity index (χ1v) is 6.49. The lowest BCUT2D eigenvalue weighted by atomic mass is 10.0. The third kappa shape index (κ3) is 2.28. The van der Waals surface area contributed by atoms with E-state index in [1.165, 1.54) is 7.11 Å². The largest absolute Gasteiger partial charge is 0.463 e. The summed E-state index contributed by atoms with van der Waals surface area (Å²) in [4.78, 5) is 14.0. The van der Waals surface area contributed by atoms with Crippen molar-refractivity contribution in [3.8, 4) is 0 Å². The van der Waals surface area contributed by atoms with Crippen LogP contribution in [0.5, 0.6) is 0 Å². The lowest BCUT2D eigenvalue weighted by Gasteiger charge is -2.13. The van der Waals surface area contributed by atoms with E-state index in [0.29, 0.717) is 12.1 Å². The molecule has 0 aliphatic carbocycles. The van der Waals surface area contributed by atoms with Crippen molar-refractivity contribution < 1.29 is 13.9 Å². The van der Waals surface area contributed by atoms with Gasteiger partial charge in [-0.2, -0.15) is 0 Å². The van der Waals surface area contributed by atoms with Gasteiger partial charge >= 0.3 is 5.97 Å². The van der Waals surface area contributed by atoms with Gasteiger partial charge in [0.2, 0.25) is 5.76 Å². The zero-order valence-electron chi connectivity index (χ0n) is 11.2. The minimum Gasteiger partial charge on any atom is -0.463 e. The Hall–Kier alpha value is -1.23. The molecule has 0 saturated carbocycles. The summed E-state index contributed by atoms with van der Waals surface area (Å²) in [5, 5.41) is 1.69. The summed E-state index contributed by atoms with van der Waals surface area (Å²) in [5.41, 5.74) is 2.63. The molecule has 0 N–H and O–H groups in total. The molecule has 1 aliphatic heterocycles. The average Bonchev–Trinajstić information content (AvgIpc) is 2.65. The van der Waals surface area contributed by atoms with E-state index in [1.807, 2.05) is 19.2 Å². The maximum atomic E-state index is 11.8. The Labute approximate surface area is 128 Å². The van der Waals surface area contributed by atoms with Gasteiger partial charge in [0.25, 0.3) is 0 Å². The average molecular weight is 316 g/mol. The predicted octanol–water partition coefficient (Wildman–Crippen LogP) is 3.28. The fourth-order valence-electron chi connectivity index (χ4n) is 2.61. The number of methoxy groups -OCH3 is 1. The number of furan rings is 1. The summed E-state index contributed by atoms with van der Waals surface area (Å²) in [7, 11) is 3.37. The molecule has 0 amide bonds. The van der Waals surface area contributed by atoms with Crippen LogP contribution in [0.15, 0.2) is 16.5 Å². The molecule has 4 nitrogen and oxygen atoms in total. The van der Waals surface area contributed by atoms with E-state index >= 15 is 0 Å². The van der Waals surface area contributed by atoms with Crippen LogP contribution in [0.3, 0.4) is 0 Å². The van der Waals surface area contributed by atoms with Crippen LogP contribution in [0.2, 0.25) is 5.02 Å². The highest BCUT2D eigenvalue weighted by molar-refractivity contribution is 6.32. The fraction of sp³-hybridized carbons (Fsp3) is 0.357. The minimum atomic E-state index is -0.441. The smallest absolute Gasteiger partial charge is 0.374 e. The van der Waals surface area contributed by atoms with Gasteiger partial charge in [-0.15, -0.1) is 12.4 Å². The first-order valence-electron chi connectivity index (χ1n) is 6.11.